The topological polar surface area (TPSA) is 52.2 Å². The van der Waals surface area contributed by atoms with Crippen LogP contribution < -0.4 is 40.0 Å². The molecule has 20 heavy (non-hydrogen) atoms. The molecular weight excluding hydrogens is 292 g/mol. The van der Waals surface area contributed by atoms with Crippen LogP contribution in [0.25, 0.3) is 0 Å². The summed E-state index contributed by atoms with van der Waals surface area (Å²) < 4.78 is 13.7. The van der Waals surface area contributed by atoms with Gasteiger partial charge >= 0.3 is 29.6 Å². The van der Waals surface area contributed by atoms with Gasteiger partial charge in [0, 0.05) is 18.1 Å². The van der Waals surface area contributed by atoms with Gasteiger partial charge in [-0.1, -0.05) is 35.9 Å². The van der Waals surface area contributed by atoms with Crippen LogP contribution in [0.1, 0.15) is 5.56 Å². The second kappa shape index (κ2) is 7.64. The van der Waals surface area contributed by atoms with E-state index < -0.39 is 11.8 Å². The van der Waals surface area contributed by atoms with Gasteiger partial charge in [0.1, 0.15) is 5.82 Å². The summed E-state index contributed by atoms with van der Waals surface area (Å²) in [4.78, 5) is 10.7. The number of carbonyl (C=O) groups excluding carboxylic acids is 1. The number of para-hydroxylation sites is 2. The van der Waals surface area contributed by atoms with Gasteiger partial charge in [0.05, 0.1) is 10.7 Å². The third-order valence-electron chi connectivity index (χ3n) is 2.57. The van der Waals surface area contributed by atoms with Crippen LogP contribution in [-0.2, 0) is 11.2 Å². The van der Waals surface area contributed by atoms with Crippen molar-refractivity contribution in [3.05, 3.63) is 58.9 Å². The maximum absolute atomic E-state index is 13.7. The fraction of sp³-hybridized carbons (Fsp3) is 0.0714. The average Bonchev–Trinajstić information content (AvgIpc) is 2.35. The predicted molar refractivity (Wildman–Crippen MR) is 69.8 cm³/mol. The van der Waals surface area contributed by atoms with E-state index in [1.807, 2.05) is 0 Å². The first-order valence-electron chi connectivity index (χ1n) is 5.56. The zero-order chi connectivity index (χ0) is 13.8. The number of anilines is 2. The van der Waals surface area contributed by atoms with Crippen LogP contribution in [0.3, 0.4) is 0 Å². The number of halogens is 2. The summed E-state index contributed by atoms with van der Waals surface area (Å²) in [5.41, 5.74) is 1.11. The van der Waals surface area contributed by atoms with Crippen LogP contribution in [-0.4, -0.2) is 5.97 Å². The summed E-state index contributed by atoms with van der Waals surface area (Å²) in [5.74, 6) is -1.70. The predicted octanol–water partition coefficient (Wildman–Crippen LogP) is -0.481. The number of aliphatic carboxylic acids is 1. The zero-order valence-corrected chi connectivity index (χ0v) is 13.6. The Kier molecular flexibility index (Phi) is 6.49. The number of rotatable bonds is 4. The Morgan fingerprint density at radius 1 is 1.20 bits per heavy atom. The number of nitrogens with one attached hydrogen (secondary N) is 1. The van der Waals surface area contributed by atoms with E-state index in [9.17, 15) is 14.3 Å². The van der Waals surface area contributed by atoms with Crippen LogP contribution in [0.2, 0.25) is 5.02 Å². The summed E-state index contributed by atoms with van der Waals surface area (Å²) in [6.07, 6.45) is -0.255. The summed E-state index contributed by atoms with van der Waals surface area (Å²) in [6, 6.07) is 11.0. The van der Waals surface area contributed by atoms with Gasteiger partial charge in [0.2, 0.25) is 0 Å². The van der Waals surface area contributed by atoms with Crippen LogP contribution in [0.4, 0.5) is 15.8 Å². The molecule has 0 bridgehead atoms. The molecule has 0 saturated carbocycles. The Bertz CT molecular complexity index is 602. The molecule has 3 nitrogen and oxygen atoms in total. The van der Waals surface area contributed by atoms with Crippen molar-refractivity contribution in [2.45, 2.75) is 6.42 Å². The number of benzene rings is 2. The Morgan fingerprint density at radius 3 is 2.55 bits per heavy atom. The van der Waals surface area contributed by atoms with Gasteiger partial charge in [-0.2, -0.15) is 0 Å². The van der Waals surface area contributed by atoms with Gasteiger partial charge in [-0.25, -0.2) is 4.39 Å². The SMILES string of the molecule is O=C([O-])Cc1ccccc1Nc1c(F)cccc1Cl.[Na+]. The molecule has 0 spiro atoms. The number of carbonyl (C=O) groups is 1. The molecule has 6 heteroatoms. The normalized spacial score (nSPS) is 9.70. The largest absolute Gasteiger partial charge is 1.00 e. The number of hydrogen-bond donors (Lipinski definition) is 1. The fourth-order valence-corrected chi connectivity index (χ4v) is 1.91. The van der Waals surface area contributed by atoms with E-state index in [-0.39, 0.29) is 46.7 Å². The molecule has 0 atom stereocenters. The molecule has 0 aromatic heterocycles. The van der Waals surface area contributed by atoms with E-state index in [2.05, 4.69) is 5.32 Å². The maximum Gasteiger partial charge on any atom is 1.00 e. The summed E-state index contributed by atoms with van der Waals surface area (Å²) >= 11 is 5.91. The Morgan fingerprint density at radius 2 is 1.90 bits per heavy atom. The Balaban J connectivity index is 0.00000200. The number of hydrogen-bond acceptors (Lipinski definition) is 3. The average molecular weight is 302 g/mol. The van der Waals surface area contributed by atoms with E-state index in [4.69, 9.17) is 11.6 Å². The van der Waals surface area contributed by atoms with Gasteiger partial charge in [0.25, 0.3) is 0 Å². The second-order valence-corrected chi connectivity index (χ2v) is 4.33. The van der Waals surface area contributed by atoms with Gasteiger partial charge in [0.15, 0.2) is 0 Å². The van der Waals surface area contributed by atoms with Crippen molar-refractivity contribution < 1.29 is 43.8 Å². The molecule has 2 rings (SSSR count). The molecule has 98 valence electrons. The second-order valence-electron chi connectivity index (χ2n) is 3.93. The van der Waals surface area contributed by atoms with E-state index in [0.29, 0.717) is 11.3 Å². The van der Waals surface area contributed by atoms with Crippen molar-refractivity contribution in [2.75, 3.05) is 5.32 Å². The van der Waals surface area contributed by atoms with Crippen LogP contribution >= 0.6 is 11.6 Å². The van der Waals surface area contributed by atoms with Crippen LogP contribution in [0, 0.1) is 5.82 Å². The zero-order valence-electron chi connectivity index (χ0n) is 10.8. The van der Waals surface area contributed by atoms with E-state index >= 15 is 0 Å². The first-order chi connectivity index (χ1) is 9.08. The smallest absolute Gasteiger partial charge is 0.550 e. The Labute approximate surface area is 143 Å². The molecule has 0 aliphatic rings. The molecule has 2 aromatic rings. The first-order valence-corrected chi connectivity index (χ1v) is 5.94. The van der Waals surface area contributed by atoms with Crippen LogP contribution in [0.15, 0.2) is 42.5 Å². The van der Waals surface area contributed by atoms with Crippen molar-refractivity contribution in [1.29, 1.82) is 0 Å². The molecule has 0 unspecified atom stereocenters. The minimum Gasteiger partial charge on any atom is -0.550 e. The molecule has 2 aromatic carbocycles. The quantitative estimate of drug-likeness (QED) is 0.776. The standard InChI is InChI=1S/C14H11ClFNO2.Na/c15-10-5-3-6-11(16)14(10)17-12-7-2-1-4-9(12)8-13(18)19;/h1-7,17H,8H2,(H,18,19);/q;+1/p-1. The molecule has 0 heterocycles. The molecule has 0 aliphatic heterocycles. The molecule has 0 aliphatic carbocycles. The van der Waals surface area contributed by atoms with Gasteiger partial charge in [-0.05, 0) is 23.8 Å². The van der Waals surface area contributed by atoms with Crippen LogP contribution in [0.5, 0.6) is 0 Å². The number of carboxylic acid groups (broad SMARTS) is 1. The first kappa shape index (κ1) is 17.0. The molecule has 0 saturated heterocycles. The molecule has 0 fully saturated rings. The van der Waals surface area contributed by atoms with Gasteiger partial charge in [-0.3, -0.25) is 0 Å². The van der Waals surface area contributed by atoms with E-state index in [1.54, 1.807) is 30.3 Å². The van der Waals surface area contributed by atoms with Gasteiger partial charge in [-0.15, -0.1) is 0 Å². The third-order valence-corrected chi connectivity index (χ3v) is 2.89. The van der Waals surface area contributed by atoms with Crippen molar-refractivity contribution >= 4 is 28.9 Å². The van der Waals surface area contributed by atoms with Crippen molar-refractivity contribution in [2.24, 2.45) is 0 Å². The van der Waals surface area contributed by atoms with E-state index in [1.165, 1.54) is 12.1 Å². The summed E-state index contributed by atoms with van der Waals surface area (Å²) in [7, 11) is 0. The fourth-order valence-electron chi connectivity index (χ4n) is 1.70. The monoisotopic (exact) mass is 301 g/mol. The van der Waals surface area contributed by atoms with Crippen molar-refractivity contribution in [3.63, 3.8) is 0 Å². The molecule has 0 radical (unpaired) electrons. The minimum atomic E-state index is -1.20. The van der Waals surface area contributed by atoms with Crippen molar-refractivity contribution in [1.82, 2.24) is 0 Å². The molecule has 0 amide bonds. The Hall–Kier alpha value is -1.07. The van der Waals surface area contributed by atoms with Gasteiger partial charge < -0.3 is 15.2 Å². The minimum absolute atomic E-state index is 0. The summed E-state index contributed by atoms with van der Waals surface area (Å²) in [5, 5.41) is 13.7. The van der Waals surface area contributed by atoms with E-state index in [0.717, 1.165) is 0 Å². The third kappa shape index (κ3) is 4.21. The van der Waals surface area contributed by atoms with Crippen molar-refractivity contribution in [3.8, 4) is 0 Å². The number of carboxylic acids is 1. The molecular formula is C14H10ClFNNaO2. The molecule has 1 N–H and O–H groups in total. The maximum atomic E-state index is 13.7. The summed E-state index contributed by atoms with van der Waals surface area (Å²) in [6.45, 7) is 0.